The van der Waals surface area contributed by atoms with E-state index in [0.717, 1.165) is 5.69 Å². The third-order valence-corrected chi connectivity index (χ3v) is 5.28. The van der Waals surface area contributed by atoms with Crippen molar-refractivity contribution in [3.8, 4) is 0 Å². The van der Waals surface area contributed by atoms with Crippen LogP contribution in [0.4, 0.5) is 0 Å². The first-order valence-electron chi connectivity index (χ1n) is 10.7. The van der Waals surface area contributed by atoms with E-state index in [4.69, 9.17) is 9.15 Å². The average molecular weight is 432 g/mol. The topological polar surface area (TPSA) is 85.0 Å². The molecule has 2 rings (SSSR count). The second-order valence-electron chi connectivity index (χ2n) is 7.52. The summed E-state index contributed by atoms with van der Waals surface area (Å²) in [7, 11) is 1.93. The molecular formula is C23H33N3O5. The number of hydrogen-bond acceptors (Lipinski definition) is 5. The predicted octanol–water partition coefficient (Wildman–Crippen LogP) is 3.12. The molecule has 8 nitrogen and oxygen atoms in total. The summed E-state index contributed by atoms with van der Waals surface area (Å²) >= 11 is 0. The molecule has 2 heterocycles. The second kappa shape index (κ2) is 12.0. The van der Waals surface area contributed by atoms with Gasteiger partial charge in [0.15, 0.2) is 0 Å². The smallest absolute Gasteiger partial charge is 0.306 e. The molecule has 0 N–H and O–H groups in total. The number of hydrogen-bond donors (Lipinski definition) is 0. The monoisotopic (exact) mass is 431 g/mol. The summed E-state index contributed by atoms with van der Waals surface area (Å²) in [5.74, 6) is -0.143. The highest BCUT2D eigenvalue weighted by Gasteiger charge is 2.26. The lowest BCUT2D eigenvalue weighted by atomic mass is 10.1. The van der Waals surface area contributed by atoms with Crippen LogP contribution in [-0.2, 0) is 39.3 Å². The lowest BCUT2D eigenvalue weighted by molar-refractivity contribution is -0.147. The fraction of sp³-hybridized carbons (Fsp3) is 0.522. The first kappa shape index (κ1) is 24.2. The van der Waals surface area contributed by atoms with Crippen LogP contribution in [0.5, 0.6) is 0 Å². The zero-order valence-electron chi connectivity index (χ0n) is 18.9. The highest BCUT2D eigenvalue weighted by molar-refractivity contribution is 5.86. The maximum Gasteiger partial charge on any atom is 0.306 e. The normalized spacial score (nSPS) is 11.7. The summed E-state index contributed by atoms with van der Waals surface area (Å²) < 4.78 is 12.3. The van der Waals surface area contributed by atoms with E-state index in [1.54, 1.807) is 29.1 Å². The molecule has 0 fully saturated rings. The molecule has 2 aromatic heterocycles. The van der Waals surface area contributed by atoms with E-state index in [1.807, 2.05) is 49.9 Å². The average Bonchev–Trinajstić information content (AvgIpc) is 3.41. The molecule has 31 heavy (non-hydrogen) atoms. The van der Waals surface area contributed by atoms with Gasteiger partial charge < -0.3 is 23.5 Å². The van der Waals surface area contributed by atoms with Gasteiger partial charge in [0, 0.05) is 31.4 Å². The largest absolute Gasteiger partial charge is 0.467 e. The Morgan fingerprint density at radius 2 is 1.87 bits per heavy atom. The summed E-state index contributed by atoms with van der Waals surface area (Å²) in [5.41, 5.74) is 0.976. The van der Waals surface area contributed by atoms with Gasteiger partial charge in [0.2, 0.25) is 11.8 Å². The minimum Gasteiger partial charge on any atom is -0.467 e. The number of nitrogens with zero attached hydrogens (tertiary/aromatic N) is 3. The minimum absolute atomic E-state index is 0.00720. The van der Waals surface area contributed by atoms with E-state index in [9.17, 15) is 14.4 Å². The summed E-state index contributed by atoms with van der Waals surface area (Å²) in [4.78, 5) is 41.0. The van der Waals surface area contributed by atoms with Gasteiger partial charge in [-0.1, -0.05) is 6.92 Å². The van der Waals surface area contributed by atoms with E-state index in [0.29, 0.717) is 25.3 Å². The fourth-order valence-corrected chi connectivity index (χ4v) is 3.22. The Labute approximate surface area is 183 Å². The maximum absolute atomic E-state index is 13.3. The van der Waals surface area contributed by atoms with E-state index >= 15 is 0 Å². The molecule has 2 aromatic rings. The van der Waals surface area contributed by atoms with Crippen LogP contribution in [0.2, 0.25) is 0 Å². The Balaban J connectivity index is 2.12. The molecule has 0 aliphatic carbocycles. The van der Waals surface area contributed by atoms with Gasteiger partial charge in [0.05, 0.1) is 32.4 Å². The molecule has 170 valence electrons. The van der Waals surface area contributed by atoms with Crippen LogP contribution in [-0.4, -0.2) is 51.3 Å². The van der Waals surface area contributed by atoms with Gasteiger partial charge in [-0.3, -0.25) is 14.4 Å². The van der Waals surface area contributed by atoms with Gasteiger partial charge in [-0.25, -0.2) is 0 Å². The number of carbonyl (C=O) groups excluding carboxylic acids is 3. The number of aromatic nitrogens is 1. The fourth-order valence-electron chi connectivity index (χ4n) is 3.22. The molecule has 0 bridgehead atoms. The van der Waals surface area contributed by atoms with Gasteiger partial charge in [-0.15, -0.1) is 0 Å². The summed E-state index contributed by atoms with van der Waals surface area (Å²) in [5, 5.41) is 0. The van der Waals surface area contributed by atoms with Gasteiger partial charge in [0.25, 0.3) is 0 Å². The van der Waals surface area contributed by atoms with Crippen LogP contribution >= 0.6 is 0 Å². The van der Waals surface area contributed by atoms with Crippen LogP contribution in [0.3, 0.4) is 0 Å². The number of aryl methyl sites for hydroxylation is 1. The van der Waals surface area contributed by atoms with Crippen molar-refractivity contribution in [1.82, 2.24) is 14.4 Å². The molecule has 2 amide bonds. The van der Waals surface area contributed by atoms with E-state index in [1.165, 1.54) is 0 Å². The molecule has 1 atom stereocenters. The molecule has 8 heteroatoms. The van der Waals surface area contributed by atoms with Crippen LogP contribution in [0, 0.1) is 0 Å². The van der Waals surface area contributed by atoms with Crippen molar-refractivity contribution in [2.45, 2.75) is 59.2 Å². The Morgan fingerprint density at radius 1 is 1.10 bits per heavy atom. The van der Waals surface area contributed by atoms with Crippen molar-refractivity contribution in [3.05, 3.63) is 48.2 Å². The lowest BCUT2D eigenvalue weighted by Crippen LogP contribution is -2.46. The summed E-state index contributed by atoms with van der Waals surface area (Å²) in [6, 6.07) is 7.36. The highest BCUT2D eigenvalue weighted by Crippen LogP contribution is 2.14. The Morgan fingerprint density at radius 3 is 2.45 bits per heavy atom. The Kier molecular flexibility index (Phi) is 9.37. The van der Waals surface area contributed by atoms with Crippen molar-refractivity contribution in [2.24, 2.45) is 7.05 Å². The molecule has 0 aliphatic rings. The van der Waals surface area contributed by atoms with Crippen molar-refractivity contribution >= 4 is 17.8 Å². The maximum atomic E-state index is 13.3. The SMILES string of the molecule is CCOC(=O)CCC(=O)N(CC(=O)N(Cc1ccco1)Cc1cccn1C)C(C)CC. The van der Waals surface area contributed by atoms with Crippen LogP contribution in [0.15, 0.2) is 41.1 Å². The van der Waals surface area contributed by atoms with E-state index in [-0.39, 0.29) is 43.8 Å². The third-order valence-electron chi connectivity index (χ3n) is 5.28. The van der Waals surface area contributed by atoms with Crippen molar-refractivity contribution < 1.29 is 23.5 Å². The first-order valence-corrected chi connectivity index (χ1v) is 10.7. The lowest BCUT2D eigenvalue weighted by Gasteiger charge is -2.31. The highest BCUT2D eigenvalue weighted by atomic mass is 16.5. The zero-order valence-corrected chi connectivity index (χ0v) is 18.9. The van der Waals surface area contributed by atoms with E-state index in [2.05, 4.69) is 0 Å². The molecule has 1 unspecified atom stereocenters. The number of esters is 1. The predicted molar refractivity (Wildman–Crippen MR) is 116 cm³/mol. The standard InChI is InChI=1S/C23H33N3O5/c1-5-18(3)26(21(27)11-12-23(29)30-6-2)17-22(28)25(16-20-10-8-14-31-20)15-19-9-7-13-24(19)4/h7-10,13-14,18H,5-6,11-12,15-17H2,1-4H3. The molecule has 0 saturated carbocycles. The molecule has 0 aliphatic heterocycles. The number of carbonyl (C=O) groups is 3. The Bertz CT molecular complexity index is 843. The number of amides is 2. The quantitative estimate of drug-likeness (QED) is 0.482. The van der Waals surface area contributed by atoms with Crippen LogP contribution in [0.25, 0.3) is 0 Å². The number of furan rings is 1. The Hall–Kier alpha value is -3.03. The van der Waals surface area contributed by atoms with Crippen LogP contribution in [0.1, 0.15) is 51.5 Å². The minimum atomic E-state index is -0.408. The van der Waals surface area contributed by atoms with Crippen molar-refractivity contribution in [2.75, 3.05) is 13.2 Å². The summed E-state index contributed by atoms with van der Waals surface area (Å²) in [6.07, 6.45) is 4.23. The molecule has 0 saturated heterocycles. The zero-order chi connectivity index (χ0) is 22.8. The van der Waals surface area contributed by atoms with Crippen molar-refractivity contribution in [1.29, 1.82) is 0 Å². The molecule has 0 aromatic carbocycles. The van der Waals surface area contributed by atoms with E-state index < -0.39 is 5.97 Å². The number of rotatable bonds is 12. The van der Waals surface area contributed by atoms with Gasteiger partial charge in [0.1, 0.15) is 12.3 Å². The van der Waals surface area contributed by atoms with Gasteiger partial charge in [-0.05, 0) is 44.5 Å². The second-order valence-corrected chi connectivity index (χ2v) is 7.52. The number of ether oxygens (including phenoxy) is 1. The first-order chi connectivity index (χ1) is 14.8. The van der Waals surface area contributed by atoms with Crippen molar-refractivity contribution in [3.63, 3.8) is 0 Å². The molecular weight excluding hydrogens is 398 g/mol. The van der Waals surface area contributed by atoms with Crippen LogP contribution < -0.4 is 0 Å². The van der Waals surface area contributed by atoms with Gasteiger partial charge in [-0.2, -0.15) is 0 Å². The summed E-state index contributed by atoms with van der Waals surface area (Å²) in [6.45, 7) is 6.53. The van der Waals surface area contributed by atoms with Gasteiger partial charge >= 0.3 is 5.97 Å². The third kappa shape index (κ3) is 7.31. The molecule has 0 radical (unpaired) electrons. The molecule has 0 spiro atoms.